The number of hydrogen-bond donors (Lipinski definition) is 1. The molecule has 1 heterocycles. The fourth-order valence-corrected chi connectivity index (χ4v) is 2.91. The van der Waals surface area contributed by atoms with Gasteiger partial charge < -0.3 is 19.7 Å². The predicted octanol–water partition coefficient (Wildman–Crippen LogP) is 2.56. The van der Waals surface area contributed by atoms with Gasteiger partial charge in [0, 0.05) is 39.7 Å². The lowest BCUT2D eigenvalue weighted by molar-refractivity contribution is 0.181. The van der Waals surface area contributed by atoms with Crippen LogP contribution in [0.4, 0.5) is 0 Å². The molecule has 1 N–H and O–H groups in total. The van der Waals surface area contributed by atoms with Gasteiger partial charge in [0.05, 0.1) is 12.7 Å². The minimum absolute atomic E-state index is 0.210. The zero-order valence-electron chi connectivity index (χ0n) is 15.4. The Bertz CT molecular complexity index is 508. The van der Waals surface area contributed by atoms with Gasteiger partial charge in [-0.3, -0.25) is 4.99 Å². The highest BCUT2D eigenvalue weighted by molar-refractivity contribution is 5.79. The lowest BCUT2D eigenvalue weighted by Gasteiger charge is -2.24. The van der Waals surface area contributed by atoms with Crippen LogP contribution in [0, 0.1) is 5.92 Å². The first-order valence-corrected chi connectivity index (χ1v) is 8.83. The Labute approximate surface area is 146 Å². The maximum atomic E-state index is 5.67. The van der Waals surface area contributed by atoms with Gasteiger partial charge in [0.2, 0.25) is 0 Å². The number of nitrogens with one attached hydrogen (secondary N) is 1. The molecule has 1 fully saturated rings. The number of rotatable bonds is 7. The molecule has 134 valence electrons. The van der Waals surface area contributed by atoms with E-state index in [9.17, 15) is 0 Å². The number of aliphatic imine (C=N–C) groups is 1. The van der Waals surface area contributed by atoms with Gasteiger partial charge in [-0.05, 0) is 44.4 Å². The number of ether oxygens (including phenoxy) is 2. The highest BCUT2D eigenvalue weighted by atomic mass is 16.5. The van der Waals surface area contributed by atoms with Crippen molar-refractivity contribution < 1.29 is 9.47 Å². The Morgan fingerprint density at radius 3 is 2.71 bits per heavy atom. The number of hydrogen-bond acceptors (Lipinski definition) is 3. The molecule has 1 aromatic carbocycles. The maximum absolute atomic E-state index is 5.67. The second-order valence-electron chi connectivity index (χ2n) is 6.64. The van der Waals surface area contributed by atoms with E-state index in [1.54, 1.807) is 0 Å². The summed E-state index contributed by atoms with van der Waals surface area (Å²) in [7, 11) is 3.92. The molecule has 24 heavy (non-hydrogen) atoms. The second-order valence-corrected chi connectivity index (χ2v) is 6.64. The Morgan fingerprint density at radius 1 is 1.38 bits per heavy atom. The van der Waals surface area contributed by atoms with Crippen LogP contribution in [0.15, 0.2) is 29.3 Å². The molecular weight excluding hydrogens is 302 g/mol. The van der Waals surface area contributed by atoms with Crippen LogP contribution < -0.4 is 10.1 Å². The first-order chi connectivity index (χ1) is 11.6. The van der Waals surface area contributed by atoms with Crippen molar-refractivity contribution in [2.75, 3.05) is 40.4 Å². The first kappa shape index (κ1) is 18.6. The summed E-state index contributed by atoms with van der Waals surface area (Å²) in [5, 5.41) is 3.44. The van der Waals surface area contributed by atoms with Gasteiger partial charge in [-0.15, -0.1) is 0 Å². The summed E-state index contributed by atoms with van der Waals surface area (Å²) in [6.07, 6.45) is 2.31. The molecule has 0 amide bonds. The molecule has 0 spiro atoms. The average molecular weight is 333 g/mol. The van der Waals surface area contributed by atoms with E-state index in [2.05, 4.69) is 34.4 Å². The Morgan fingerprint density at radius 2 is 2.12 bits per heavy atom. The van der Waals surface area contributed by atoms with E-state index in [4.69, 9.17) is 9.47 Å². The second kappa shape index (κ2) is 9.52. The molecule has 0 saturated carbocycles. The van der Waals surface area contributed by atoms with E-state index in [1.807, 2.05) is 33.0 Å². The maximum Gasteiger partial charge on any atom is 0.193 e. The molecule has 1 aliphatic rings. The Hall–Kier alpha value is -1.75. The molecule has 0 bridgehead atoms. The molecule has 0 aromatic heterocycles. The summed E-state index contributed by atoms with van der Waals surface area (Å²) in [6.45, 7) is 7.69. The van der Waals surface area contributed by atoms with Crippen LogP contribution in [-0.4, -0.2) is 57.4 Å². The van der Waals surface area contributed by atoms with Gasteiger partial charge in [-0.25, -0.2) is 0 Å². The standard InChI is InChI=1S/C19H31N3O2/c1-15(2)24-18-7-5-16(6-8-18)9-11-21-19(20-3)22(4)13-17-10-12-23-14-17/h5-8,15,17H,9-14H2,1-4H3,(H,20,21). The summed E-state index contributed by atoms with van der Waals surface area (Å²) in [4.78, 5) is 6.57. The quantitative estimate of drug-likeness (QED) is 0.615. The van der Waals surface area contributed by atoms with Crippen molar-refractivity contribution in [1.29, 1.82) is 0 Å². The molecule has 2 rings (SSSR count). The zero-order valence-corrected chi connectivity index (χ0v) is 15.4. The van der Waals surface area contributed by atoms with Crippen LogP contribution in [0.25, 0.3) is 0 Å². The summed E-state index contributed by atoms with van der Waals surface area (Å²) >= 11 is 0. The van der Waals surface area contributed by atoms with Crippen molar-refractivity contribution in [3.05, 3.63) is 29.8 Å². The molecule has 1 aromatic rings. The SMILES string of the molecule is CN=C(NCCc1ccc(OC(C)C)cc1)N(C)CC1CCOC1. The topological polar surface area (TPSA) is 46.1 Å². The van der Waals surface area contributed by atoms with Crippen molar-refractivity contribution in [3.8, 4) is 5.75 Å². The van der Waals surface area contributed by atoms with Gasteiger partial charge in [0.15, 0.2) is 5.96 Å². The van der Waals surface area contributed by atoms with E-state index in [1.165, 1.54) is 5.56 Å². The minimum Gasteiger partial charge on any atom is -0.491 e. The van der Waals surface area contributed by atoms with Crippen molar-refractivity contribution in [2.24, 2.45) is 10.9 Å². The van der Waals surface area contributed by atoms with Crippen molar-refractivity contribution in [3.63, 3.8) is 0 Å². The number of benzene rings is 1. The molecular formula is C19H31N3O2. The third-order valence-electron chi connectivity index (χ3n) is 4.12. The van der Waals surface area contributed by atoms with Gasteiger partial charge >= 0.3 is 0 Å². The molecule has 0 aliphatic carbocycles. The van der Waals surface area contributed by atoms with E-state index >= 15 is 0 Å². The van der Waals surface area contributed by atoms with E-state index in [-0.39, 0.29) is 6.10 Å². The summed E-state index contributed by atoms with van der Waals surface area (Å²) in [6, 6.07) is 8.33. The van der Waals surface area contributed by atoms with Crippen molar-refractivity contribution in [2.45, 2.75) is 32.8 Å². The fraction of sp³-hybridized carbons (Fsp3) is 0.632. The fourth-order valence-electron chi connectivity index (χ4n) is 2.91. The van der Waals surface area contributed by atoms with Crippen LogP contribution in [0.3, 0.4) is 0 Å². The van der Waals surface area contributed by atoms with Crippen LogP contribution in [0.5, 0.6) is 5.75 Å². The highest BCUT2D eigenvalue weighted by Crippen LogP contribution is 2.14. The molecule has 5 nitrogen and oxygen atoms in total. The lowest BCUT2D eigenvalue weighted by atomic mass is 10.1. The number of nitrogens with zero attached hydrogens (tertiary/aromatic N) is 2. The third-order valence-corrected chi connectivity index (χ3v) is 4.12. The van der Waals surface area contributed by atoms with E-state index in [0.717, 1.165) is 50.9 Å². The summed E-state index contributed by atoms with van der Waals surface area (Å²) in [5.41, 5.74) is 1.29. The zero-order chi connectivity index (χ0) is 17.4. The molecule has 0 radical (unpaired) electrons. The Balaban J connectivity index is 1.74. The average Bonchev–Trinajstić information content (AvgIpc) is 3.05. The van der Waals surface area contributed by atoms with Crippen molar-refractivity contribution in [1.82, 2.24) is 10.2 Å². The normalized spacial score (nSPS) is 18.0. The third kappa shape index (κ3) is 6.04. The van der Waals surface area contributed by atoms with Crippen LogP contribution in [0.2, 0.25) is 0 Å². The summed E-state index contributed by atoms with van der Waals surface area (Å²) < 4.78 is 11.1. The van der Waals surface area contributed by atoms with Crippen molar-refractivity contribution >= 4 is 5.96 Å². The molecule has 5 heteroatoms. The van der Waals surface area contributed by atoms with Crippen LogP contribution in [0.1, 0.15) is 25.8 Å². The van der Waals surface area contributed by atoms with Gasteiger partial charge in [0.1, 0.15) is 5.75 Å². The Kier molecular flexibility index (Phi) is 7.37. The highest BCUT2D eigenvalue weighted by Gasteiger charge is 2.18. The van der Waals surface area contributed by atoms with Gasteiger partial charge in [-0.2, -0.15) is 0 Å². The van der Waals surface area contributed by atoms with E-state index < -0.39 is 0 Å². The monoisotopic (exact) mass is 333 g/mol. The van der Waals surface area contributed by atoms with Gasteiger partial charge in [0.25, 0.3) is 0 Å². The van der Waals surface area contributed by atoms with Gasteiger partial charge in [-0.1, -0.05) is 12.1 Å². The molecule has 1 saturated heterocycles. The predicted molar refractivity (Wildman–Crippen MR) is 98.8 cm³/mol. The smallest absolute Gasteiger partial charge is 0.193 e. The lowest BCUT2D eigenvalue weighted by Crippen LogP contribution is -2.42. The van der Waals surface area contributed by atoms with Crippen LogP contribution in [-0.2, 0) is 11.2 Å². The molecule has 1 unspecified atom stereocenters. The van der Waals surface area contributed by atoms with Crippen LogP contribution >= 0.6 is 0 Å². The molecule has 1 aliphatic heterocycles. The van der Waals surface area contributed by atoms with E-state index in [0.29, 0.717) is 5.92 Å². The minimum atomic E-state index is 0.210. The number of guanidine groups is 1. The molecule has 1 atom stereocenters. The first-order valence-electron chi connectivity index (χ1n) is 8.83. The summed E-state index contributed by atoms with van der Waals surface area (Å²) in [5.74, 6) is 2.49. The largest absolute Gasteiger partial charge is 0.491 e.